The molecule has 0 saturated carbocycles. The summed E-state index contributed by atoms with van der Waals surface area (Å²) in [6.07, 6.45) is 1.07. The van der Waals surface area contributed by atoms with Gasteiger partial charge in [-0.1, -0.05) is 0 Å². The monoisotopic (exact) mass is 183 g/mol. The number of rotatable bonds is 0. The third-order valence-corrected chi connectivity index (χ3v) is 3.30. The van der Waals surface area contributed by atoms with Crippen LogP contribution in [0.3, 0.4) is 0 Å². The van der Waals surface area contributed by atoms with Crippen LogP contribution in [-0.4, -0.2) is 54.6 Å². The second-order valence-electron chi connectivity index (χ2n) is 4.50. The van der Waals surface area contributed by atoms with Crippen LogP contribution < -0.4 is 5.32 Å². The summed E-state index contributed by atoms with van der Waals surface area (Å²) in [5.41, 5.74) is -0.0428. The van der Waals surface area contributed by atoms with E-state index in [9.17, 15) is 4.79 Å². The van der Waals surface area contributed by atoms with Crippen LogP contribution in [0.25, 0.3) is 0 Å². The summed E-state index contributed by atoms with van der Waals surface area (Å²) in [5, 5.41) is 3.06. The van der Waals surface area contributed by atoms with Gasteiger partial charge in [0.15, 0.2) is 0 Å². The number of hydrogen-bond donors (Lipinski definition) is 1. The number of nitrogens with one attached hydrogen (secondary N) is 1. The second-order valence-corrected chi connectivity index (χ2v) is 4.50. The Bertz CT molecular complexity index is 243. The number of likely N-dealkylation sites (tertiary alicyclic amines) is 1. The molecule has 4 nitrogen and oxygen atoms in total. The molecule has 0 aliphatic carbocycles. The standard InChI is InChI=1S/C9H17N3O/c1-9-6-11(2)5-4-7(9)12(3)8(13)10-9/h7H,4-6H2,1-3H3,(H,10,13). The van der Waals surface area contributed by atoms with Crippen LogP contribution in [0.1, 0.15) is 13.3 Å². The lowest BCUT2D eigenvalue weighted by Crippen LogP contribution is -2.58. The normalized spacial score (nSPS) is 40.4. The van der Waals surface area contributed by atoms with E-state index in [1.807, 2.05) is 11.9 Å². The fourth-order valence-electron chi connectivity index (χ4n) is 2.62. The Balaban J connectivity index is 2.22. The SMILES string of the molecule is CN1CCC2N(C)C(=O)NC2(C)C1. The molecule has 0 aromatic rings. The fraction of sp³-hybridized carbons (Fsp3) is 0.889. The molecule has 2 unspecified atom stereocenters. The van der Waals surface area contributed by atoms with E-state index in [-0.39, 0.29) is 11.6 Å². The maximum atomic E-state index is 11.4. The molecule has 0 aromatic heterocycles. The van der Waals surface area contributed by atoms with Gasteiger partial charge in [0.25, 0.3) is 0 Å². The van der Waals surface area contributed by atoms with Gasteiger partial charge in [0.05, 0.1) is 11.6 Å². The van der Waals surface area contributed by atoms with E-state index in [0.717, 1.165) is 19.5 Å². The highest BCUT2D eigenvalue weighted by Crippen LogP contribution is 2.29. The molecule has 1 N–H and O–H groups in total. The number of urea groups is 1. The maximum Gasteiger partial charge on any atom is 0.318 e. The Hall–Kier alpha value is -0.770. The van der Waals surface area contributed by atoms with Crippen LogP contribution in [0.15, 0.2) is 0 Å². The summed E-state index contributed by atoms with van der Waals surface area (Å²) in [5.74, 6) is 0. The minimum absolute atomic E-state index is 0.0428. The van der Waals surface area contributed by atoms with Crippen molar-refractivity contribution in [1.29, 1.82) is 0 Å². The molecule has 2 fully saturated rings. The lowest BCUT2D eigenvalue weighted by Gasteiger charge is -2.41. The predicted octanol–water partition coefficient (Wildman–Crippen LogP) is 0.104. The molecule has 13 heavy (non-hydrogen) atoms. The number of hydrogen-bond acceptors (Lipinski definition) is 2. The van der Waals surface area contributed by atoms with Crippen molar-refractivity contribution >= 4 is 6.03 Å². The van der Waals surface area contributed by atoms with E-state index in [2.05, 4.69) is 24.2 Å². The lowest BCUT2D eigenvalue weighted by molar-refractivity contribution is 0.123. The zero-order chi connectivity index (χ0) is 9.64. The Morgan fingerprint density at radius 3 is 2.92 bits per heavy atom. The van der Waals surface area contributed by atoms with Gasteiger partial charge < -0.3 is 15.1 Å². The first-order chi connectivity index (χ1) is 6.03. The lowest BCUT2D eigenvalue weighted by atomic mass is 9.87. The summed E-state index contributed by atoms with van der Waals surface area (Å²) in [6, 6.07) is 0.444. The highest BCUT2D eigenvalue weighted by molar-refractivity contribution is 5.78. The first-order valence-electron chi connectivity index (χ1n) is 4.76. The van der Waals surface area contributed by atoms with Crippen LogP contribution in [0.2, 0.25) is 0 Å². The number of carbonyl (C=O) groups is 1. The molecular weight excluding hydrogens is 166 g/mol. The van der Waals surface area contributed by atoms with Crippen molar-refractivity contribution in [3.63, 3.8) is 0 Å². The van der Waals surface area contributed by atoms with Crippen LogP contribution in [-0.2, 0) is 0 Å². The van der Waals surface area contributed by atoms with Gasteiger partial charge in [0.2, 0.25) is 0 Å². The van der Waals surface area contributed by atoms with E-state index >= 15 is 0 Å². The first kappa shape index (κ1) is 8.81. The van der Waals surface area contributed by atoms with Gasteiger partial charge in [-0.25, -0.2) is 4.79 Å². The number of carbonyl (C=O) groups excluding carboxylic acids is 1. The quantitative estimate of drug-likeness (QED) is 0.578. The number of piperidine rings is 1. The Kier molecular flexibility index (Phi) is 1.77. The molecular formula is C9H17N3O. The van der Waals surface area contributed by atoms with Crippen molar-refractivity contribution in [1.82, 2.24) is 15.1 Å². The molecule has 2 aliphatic rings. The molecule has 2 atom stereocenters. The van der Waals surface area contributed by atoms with Crippen molar-refractivity contribution in [2.45, 2.75) is 24.9 Å². The van der Waals surface area contributed by atoms with Crippen LogP contribution in [0.4, 0.5) is 4.79 Å². The largest absolute Gasteiger partial charge is 0.329 e. The van der Waals surface area contributed by atoms with Gasteiger partial charge in [-0.3, -0.25) is 0 Å². The summed E-state index contributed by atoms with van der Waals surface area (Å²) in [4.78, 5) is 15.6. The summed E-state index contributed by atoms with van der Waals surface area (Å²) >= 11 is 0. The van der Waals surface area contributed by atoms with Crippen molar-refractivity contribution in [3.8, 4) is 0 Å². The smallest absolute Gasteiger partial charge is 0.318 e. The molecule has 0 bridgehead atoms. The number of nitrogens with zero attached hydrogens (tertiary/aromatic N) is 2. The third-order valence-electron chi connectivity index (χ3n) is 3.30. The van der Waals surface area contributed by atoms with Crippen LogP contribution >= 0.6 is 0 Å². The predicted molar refractivity (Wildman–Crippen MR) is 50.6 cm³/mol. The molecule has 2 amide bonds. The van der Waals surface area contributed by atoms with Gasteiger partial charge in [-0.15, -0.1) is 0 Å². The molecule has 2 heterocycles. The zero-order valence-corrected chi connectivity index (χ0v) is 8.50. The second kappa shape index (κ2) is 2.61. The van der Waals surface area contributed by atoms with Gasteiger partial charge in [-0.2, -0.15) is 0 Å². The first-order valence-corrected chi connectivity index (χ1v) is 4.76. The Morgan fingerprint density at radius 1 is 1.54 bits per heavy atom. The molecule has 0 spiro atoms. The van der Waals surface area contributed by atoms with E-state index in [0.29, 0.717) is 6.04 Å². The Morgan fingerprint density at radius 2 is 2.23 bits per heavy atom. The third kappa shape index (κ3) is 1.20. The Labute approximate surface area is 78.9 Å². The van der Waals surface area contributed by atoms with Crippen molar-refractivity contribution in [3.05, 3.63) is 0 Å². The molecule has 2 aliphatic heterocycles. The molecule has 0 aromatic carbocycles. The highest BCUT2D eigenvalue weighted by atomic mass is 16.2. The average molecular weight is 183 g/mol. The summed E-state index contributed by atoms with van der Waals surface area (Å²) in [7, 11) is 3.99. The summed E-state index contributed by atoms with van der Waals surface area (Å²) < 4.78 is 0. The minimum atomic E-state index is -0.0428. The van der Waals surface area contributed by atoms with Gasteiger partial charge >= 0.3 is 6.03 Å². The number of amides is 2. The number of fused-ring (bicyclic) bond motifs is 1. The van der Waals surface area contributed by atoms with Gasteiger partial charge in [0, 0.05) is 13.6 Å². The molecule has 2 rings (SSSR count). The molecule has 2 saturated heterocycles. The van der Waals surface area contributed by atoms with Crippen molar-refractivity contribution in [2.24, 2.45) is 0 Å². The van der Waals surface area contributed by atoms with Crippen LogP contribution in [0, 0.1) is 0 Å². The minimum Gasteiger partial charge on any atom is -0.329 e. The number of likely N-dealkylation sites (N-methyl/N-ethyl adjacent to an activating group) is 2. The van der Waals surface area contributed by atoms with E-state index in [4.69, 9.17) is 0 Å². The summed E-state index contributed by atoms with van der Waals surface area (Å²) in [6.45, 7) is 4.17. The maximum absolute atomic E-state index is 11.4. The van der Waals surface area contributed by atoms with E-state index < -0.39 is 0 Å². The van der Waals surface area contributed by atoms with Crippen LogP contribution in [0.5, 0.6) is 0 Å². The molecule has 4 heteroatoms. The average Bonchev–Trinajstić information content (AvgIpc) is 2.22. The molecule has 0 radical (unpaired) electrons. The van der Waals surface area contributed by atoms with Gasteiger partial charge in [0.1, 0.15) is 0 Å². The van der Waals surface area contributed by atoms with E-state index in [1.54, 1.807) is 0 Å². The van der Waals surface area contributed by atoms with E-state index in [1.165, 1.54) is 0 Å². The van der Waals surface area contributed by atoms with Gasteiger partial charge in [-0.05, 0) is 26.9 Å². The topological polar surface area (TPSA) is 35.6 Å². The van der Waals surface area contributed by atoms with Crippen molar-refractivity contribution < 1.29 is 4.79 Å². The van der Waals surface area contributed by atoms with Crippen molar-refractivity contribution in [2.75, 3.05) is 27.2 Å². The zero-order valence-electron chi connectivity index (χ0n) is 8.50. The fourth-order valence-corrected chi connectivity index (χ4v) is 2.62. The highest BCUT2D eigenvalue weighted by Gasteiger charge is 2.48. The molecule has 74 valence electrons.